The number of hydrogen-bond donors (Lipinski definition) is 2. The summed E-state index contributed by atoms with van der Waals surface area (Å²) >= 11 is 0. The highest BCUT2D eigenvalue weighted by Gasteiger charge is 2.24. The molecule has 1 amide bonds. The summed E-state index contributed by atoms with van der Waals surface area (Å²) in [5.41, 5.74) is 0.665. The van der Waals surface area contributed by atoms with Gasteiger partial charge in [-0.1, -0.05) is 0 Å². The van der Waals surface area contributed by atoms with Crippen LogP contribution in [0, 0.1) is 11.8 Å². The van der Waals surface area contributed by atoms with Crippen molar-refractivity contribution < 1.29 is 4.79 Å². The lowest BCUT2D eigenvalue weighted by molar-refractivity contribution is -0.122. The second kappa shape index (κ2) is 10.0. The highest BCUT2D eigenvalue weighted by atomic mass is 16.1. The molecule has 1 unspecified atom stereocenters. The number of hydrogen-bond acceptors (Lipinski definition) is 5. The third-order valence-electron chi connectivity index (χ3n) is 6.26. The number of nitrogens with one attached hydrogen (secondary N) is 2. The zero-order valence-electron chi connectivity index (χ0n) is 17.3. The number of carbonyl (C=O) groups excluding carboxylic acids is 1. The molecule has 2 N–H and O–H groups in total. The van der Waals surface area contributed by atoms with Crippen molar-refractivity contribution in [3.8, 4) is 0 Å². The van der Waals surface area contributed by atoms with E-state index in [-0.39, 0.29) is 11.5 Å². The highest BCUT2D eigenvalue weighted by molar-refractivity contribution is 5.76. The summed E-state index contributed by atoms with van der Waals surface area (Å²) in [6, 6.07) is 2.22. The lowest BCUT2D eigenvalue weighted by Crippen LogP contribution is -2.40. The van der Waals surface area contributed by atoms with Gasteiger partial charge in [0.05, 0.1) is 11.9 Å². The van der Waals surface area contributed by atoms with Gasteiger partial charge in [-0.05, 0) is 70.9 Å². The lowest BCUT2D eigenvalue weighted by atomic mass is 9.92. The van der Waals surface area contributed by atoms with E-state index >= 15 is 0 Å². The van der Waals surface area contributed by atoms with Crippen LogP contribution >= 0.6 is 0 Å². The molecule has 2 saturated heterocycles. The topological polar surface area (TPSA) is 81.3 Å². The second-order valence-electron chi connectivity index (χ2n) is 8.67. The number of H-pyrrole nitrogens is 1. The van der Waals surface area contributed by atoms with E-state index in [4.69, 9.17) is 0 Å². The normalized spacial score (nSPS) is 21.8. The monoisotopic (exact) mass is 389 g/mol. The van der Waals surface area contributed by atoms with Crippen LogP contribution in [0.3, 0.4) is 0 Å². The third-order valence-corrected chi connectivity index (χ3v) is 6.26. The Morgan fingerprint density at radius 3 is 2.75 bits per heavy atom. The van der Waals surface area contributed by atoms with Crippen molar-refractivity contribution in [3.05, 3.63) is 22.6 Å². The third kappa shape index (κ3) is 6.06. The van der Waals surface area contributed by atoms with Crippen LogP contribution in [0.25, 0.3) is 0 Å². The van der Waals surface area contributed by atoms with Crippen LogP contribution in [0.15, 0.2) is 17.1 Å². The smallest absolute Gasteiger partial charge is 0.266 e. The van der Waals surface area contributed by atoms with Crippen molar-refractivity contribution in [1.29, 1.82) is 0 Å². The van der Waals surface area contributed by atoms with Gasteiger partial charge in [0.25, 0.3) is 5.56 Å². The molecule has 2 aliphatic rings. The first-order valence-electron chi connectivity index (χ1n) is 10.8. The minimum absolute atomic E-state index is 0.163. The Kier molecular flexibility index (Phi) is 7.48. The molecule has 2 fully saturated rings. The Morgan fingerprint density at radius 1 is 1.25 bits per heavy atom. The van der Waals surface area contributed by atoms with Crippen LogP contribution in [-0.2, 0) is 4.79 Å². The van der Waals surface area contributed by atoms with Crippen LogP contribution in [0.1, 0.15) is 52.4 Å². The van der Waals surface area contributed by atoms with Crippen molar-refractivity contribution in [2.45, 2.75) is 58.4 Å². The maximum atomic E-state index is 12.4. The summed E-state index contributed by atoms with van der Waals surface area (Å²) in [4.78, 5) is 28.6. The van der Waals surface area contributed by atoms with Crippen LogP contribution in [0.5, 0.6) is 0 Å². The van der Waals surface area contributed by atoms with Crippen molar-refractivity contribution in [2.24, 2.45) is 11.8 Å². The van der Waals surface area contributed by atoms with E-state index in [0.717, 1.165) is 50.5 Å². The van der Waals surface area contributed by atoms with E-state index in [0.29, 0.717) is 18.4 Å². The summed E-state index contributed by atoms with van der Waals surface area (Å²) in [6.45, 7) is 9.42. The summed E-state index contributed by atoms with van der Waals surface area (Å²) in [6.07, 6.45) is 7.94. The number of piperidine rings is 2. The largest absolute Gasteiger partial charge is 0.370 e. The summed E-state index contributed by atoms with van der Waals surface area (Å²) < 4.78 is 0. The predicted molar refractivity (Wildman–Crippen MR) is 111 cm³/mol. The minimum atomic E-state index is -0.184. The summed E-state index contributed by atoms with van der Waals surface area (Å²) in [5, 5.41) is 9.43. The number of nitrogens with zero attached hydrogens (tertiary/aromatic N) is 3. The number of amides is 1. The molecule has 0 radical (unpaired) electrons. The molecule has 0 spiro atoms. The van der Waals surface area contributed by atoms with E-state index in [9.17, 15) is 9.59 Å². The number of rotatable bonds is 7. The van der Waals surface area contributed by atoms with Gasteiger partial charge in [0, 0.05) is 38.2 Å². The summed E-state index contributed by atoms with van der Waals surface area (Å²) in [7, 11) is 0. The van der Waals surface area contributed by atoms with Gasteiger partial charge in [0.15, 0.2) is 0 Å². The number of anilines is 1. The zero-order valence-corrected chi connectivity index (χ0v) is 17.3. The summed E-state index contributed by atoms with van der Waals surface area (Å²) in [5.74, 6) is 1.24. The first-order valence-corrected chi connectivity index (χ1v) is 10.8. The maximum absolute atomic E-state index is 12.4. The predicted octanol–water partition coefficient (Wildman–Crippen LogP) is 2.00. The van der Waals surface area contributed by atoms with Gasteiger partial charge in [-0.2, -0.15) is 5.10 Å². The van der Waals surface area contributed by atoms with Crippen LogP contribution in [0.4, 0.5) is 5.69 Å². The van der Waals surface area contributed by atoms with Gasteiger partial charge < -0.3 is 15.1 Å². The van der Waals surface area contributed by atoms with Gasteiger partial charge in [0.2, 0.25) is 5.91 Å². The zero-order chi connectivity index (χ0) is 19.9. The Balaban J connectivity index is 1.36. The van der Waals surface area contributed by atoms with E-state index in [1.165, 1.54) is 25.9 Å². The lowest BCUT2D eigenvalue weighted by Gasteiger charge is -2.35. The van der Waals surface area contributed by atoms with Crippen molar-refractivity contribution in [3.63, 3.8) is 0 Å². The molecular formula is C21H35N5O2. The second-order valence-corrected chi connectivity index (χ2v) is 8.67. The molecule has 1 atom stereocenters. The molecular weight excluding hydrogens is 354 g/mol. The molecule has 0 aliphatic carbocycles. The first-order chi connectivity index (χ1) is 13.5. The van der Waals surface area contributed by atoms with Crippen molar-refractivity contribution in [2.75, 3.05) is 37.6 Å². The van der Waals surface area contributed by atoms with Gasteiger partial charge >= 0.3 is 0 Å². The van der Waals surface area contributed by atoms with E-state index < -0.39 is 0 Å². The average Bonchev–Trinajstić information content (AvgIpc) is 2.68. The van der Waals surface area contributed by atoms with E-state index in [1.54, 1.807) is 12.3 Å². The molecule has 156 valence electrons. The van der Waals surface area contributed by atoms with E-state index in [1.807, 2.05) is 0 Å². The van der Waals surface area contributed by atoms with Crippen LogP contribution in [0.2, 0.25) is 0 Å². The van der Waals surface area contributed by atoms with Gasteiger partial charge in [-0.15, -0.1) is 0 Å². The fourth-order valence-corrected chi connectivity index (χ4v) is 4.51. The van der Waals surface area contributed by atoms with Crippen molar-refractivity contribution >= 4 is 11.6 Å². The Hall–Kier alpha value is -1.89. The van der Waals surface area contributed by atoms with Gasteiger partial charge in [-0.25, -0.2) is 5.10 Å². The molecule has 0 saturated carbocycles. The number of carbonyl (C=O) groups is 1. The minimum Gasteiger partial charge on any atom is -0.370 e. The quantitative estimate of drug-likeness (QED) is 0.745. The first kappa shape index (κ1) is 20.8. The molecule has 3 heterocycles. The molecule has 2 aliphatic heterocycles. The SMILES string of the molecule is CC(C)N1CCC(CCNC(=O)CC2CCCN(c3cn[nH]c(=O)c3)C2)CC1. The van der Waals surface area contributed by atoms with Crippen LogP contribution in [-0.4, -0.2) is 59.8 Å². The fourth-order valence-electron chi connectivity index (χ4n) is 4.51. The molecule has 1 aromatic rings. The molecule has 3 rings (SSSR count). The Bertz CT molecular complexity index is 681. The van der Waals surface area contributed by atoms with Crippen LogP contribution < -0.4 is 15.8 Å². The average molecular weight is 390 g/mol. The molecule has 7 nitrogen and oxygen atoms in total. The highest BCUT2D eigenvalue weighted by Crippen LogP contribution is 2.24. The standard InChI is InChI=1S/C21H35N5O2/c1-16(2)25-10-6-17(7-11-25)5-8-22-20(27)12-18-4-3-9-26(15-18)19-13-21(28)24-23-14-19/h13-14,16-18H,3-12,15H2,1-2H3,(H,22,27)(H,24,28). The van der Waals surface area contributed by atoms with Gasteiger partial charge in [0.1, 0.15) is 0 Å². The molecule has 1 aromatic heterocycles. The molecule has 28 heavy (non-hydrogen) atoms. The number of aromatic nitrogens is 2. The van der Waals surface area contributed by atoms with E-state index in [2.05, 4.69) is 39.2 Å². The Labute approximate surface area is 167 Å². The molecule has 0 aromatic carbocycles. The number of likely N-dealkylation sites (tertiary alicyclic amines) is 1. The van der Waals surface area contributed by atoms with Gasteiger partial charge in [-0.3, -0.25) is 9.59 Å². The fraction of sp³-hybridized carbons (Fsp3) is 0.762. The van der Waals surface area contributed by atoms with Crippen molar-refractivity contribution in [1.82, 2.24) is 20.4 Å². The molecule has 0 bridgehead atoms. The number of aromatic amines is 1. The maximum Gasteiger partial charge on any atom is 0.266 e. The Morgan fingerprint density at radius 2 is 2.04 bits per heavy atom. The molecule has 7 heteroatoms.